The predicted octanol–water partition coefficient (Wildman–Crippen LogP) is 6.36. The molecular weight excluding hydrogens is 447 g/mol. The summed E-state index contributed by atoms with van der Waals surface area (Å²) < 4.78 is 2.14. The normalized spacial score (nSPS) is 18.3. The molecule has 4 aromatic rings. The molecule has 1 aliphatic rings. The number of halogens is 2. The van der Waals surface area contributed by atoms with Gasteiger partial charge in [-0.2, -0.15) is 0 Å². The van der Waals surface area contributed by atoms with Crippen molar-refractivity contribution in [2.45, 2.75) is 12.1 Å². The Kier molecular flexibility index (Phi) is 5.40. The number of aromatic nitrogens is 2. The van der Waals surface area contributed by atoms with Crippen molar-refractivity contribution in [3.63, 3.8) is 0 Å². The molecule has 2 aromatic heterocycles. The minimum atomic E-state index is -0.128. The summed E-state index contributed by atoms with van der Waals surface area (Å²) in [4.78, 5) is 6.74. The number of pyridine rings is 1. The van der Waals surface area contributed by atoms with E-state index in [0.29, 0.717) is 15.2 Å². The SMILES string of the molecule is S=C1N[C@@H](c2ccccn2)[C@@H](c2cccn2-c2cccc(Cl)c2)N1c1ccc(Cl)cc1. The molecule has 0 saturated carbocycles. The highest BCUT2D eigenvalue weighted by molar-refractivity contribution is 7.80. The maximum absolute atomic E-state index is 6.28. The Labute approximate surface area is 196 Å². The van der Waals surface area contributed by atoms with E-state index in [2.05, 4.69) is 25.8 Å². The van der Waals surface area contributed by atoms with Crippen LogP contribution < -0.4 is 10.2 Å². The van der Waals surface area contributed by atoms with E-state index in [4.69, 9.17) is 35.4 Å². The van der Waals surface area contributed by atoms with Gasteiger partial charge in [0, 0.05) is 39.5 Å². The molecule has 0 radical (unpaired) electrons. The minimum Gasteiger partial charge on any atom is -0.351 e. The number of thiocarbonyl (C=S) groups is 1. The van der Waals surface area contributed by atoms with Crippen LogP contribution in [-0.2, 0) is 0 Å². The van der Waals surface area contributed by atoms with Crippen molar-refractivity contribution in [3.8, 4) is 5.69 Å². The van der Waals surface area contributed by atoms with Gasteiger partial charge in [-0.1, -0.05) is 35.3 Å². The van der Waals surface area contributed by atoms with Gasteiger partial charge in [0.15, 0.2) is 5.11 Å². The number of hydrogen-bond acceptors (Lipinski definition) is 2. The number of anilines is 1. The van der Waals surface area contributed by atoms with E-state index in [0.717, 1.165) is 22.8 Å². The first-order valence-corrected chi connectivity index (χ1v) is 11.0. The number of nitrogens with one attached hydrogen (secondary N) is 1. The third kappa shape index (κ3) is 3.81. The fourth-order valence-corrected chi connectivity index (χ4v) is 4.69. The minimum absolute atomic E-state index is 0.127. The second-order valence-corrected chi connectivity index (χ2v) is 8.52. The second-order valence-electron chi connectivity index (χ2n) is 7.26. The number of nitrogens with zero attached hydrogens (tertiary/aromatic N) is 3. The zero-order valence-electron chi connectivity index (χ0n) is 16.3. The zero-order valence-corrected chi connectivity index (χ0v) is 18.6. The van der Waals surface area contributed by atoms with Crippen LogP contribution in [0.1, 0.15) is 23.5 Å². The second kappa shape index (κ2) is 8.35. The Morgan fingerprint density at radius 1 is 0.839 bits per heavy atom. The molecule has 0 unspecified atom stereocenters. The molecule has 0 bridgehead atoms. The van der Waals surface area contributed by atoms with Crippen LogP contribution in [0.25, 0.3) is 5.69 Å². The van der Waals surface area contributed by atoms with Crippen LogP contribution >= 0.6 is 35.4 Å². The fraction of sp³-hybridized carbons (Fsp3) is 0.0833. The van der Waals surface area contributed by atoms with Gasteiger partial charge >= 0.3 is 0 Å². The van der Waals surface area contributed by atoms with Crippen molar-refractivity contribution >= 4 is 46.2 Å². The Balaban J connectivity index is 1.67. The number of benzene rings is 2. The van der Waals surface area contributed by atoms with Gasteiger partial charge in [-0.05, 0) is 78.9 Å². The Bertz CT molecular complexity index is 1220. The lowest BCUT2D eigenvalue weighted by molar-refractivity contribution is 0.549. The molecule has 0 aliphatic carbocycles. The first-order valence-electron chi connectivity index (χ1n) is 9.81. The van der Waals surface area contributed by atoms with Crippen molar-refractivity contribution in [2.75, 3.05) is 4.90 Å². The number of rotatable bonds is 4. The van der Waals surface area contributed by atoms with E-state index in [1.807, 2.05) is 79.0 Å². The Hall–Kier alpha value is -2.86. The molecule has 2 atom stereocenters. The van der Waals surface area contributed by atoms with Crippen molar-refractivity contribution < 1.29 is 0 Å². The van der Waals surface area contributed by atoms with Gasteiger partial charge in [0.05, 0.1) is 11.7 Å². The van der Waals surface area contributed by atoms with Gasteiger partial charge in [-0.15, -0.1) is 0 Å². The average Bonchev–Trinajstić information content (AvgIpc) is 3.39. The molecule has 1 aliphatic heterocycles. The lowest BCUT2D eigenvalue weighted by atomic mass is 10.0. The summed E-state index contributed by atoms with van der Waals surface area (Å²) in [5.41, 5.74) is 3.94. The highest BCUT2D eigenvalue weighted by Crippen LogP contribution is 2.42. The highest BCUT2D eigenvalue weighted by Gasteiger charge is 2.42. The van der Waals surface area contributed by atoms with Gasteiger partial charge in [-0.25, -0.2) is 0 Å². The molecule has 1 saturated heterocycles. The molecule has 0 amide bonds. The first-order chi connectivity index (χ1) is 15.1. The van der Waals surface area contributed by atoms with Crippen LogP contribution in [0.15, 0.2) is 91.3 Å². The van der Waals surface area contributed by atoms with Gasteiger partial charge in [0.2, 0.25) is 0 Å². The van der Waals surface area contributed by atoms with Gasteiger partial charge in [0.1, 0.15) is 6.04 Å². The largest absolute Gasteiger partial charge is 0.351 e. The molecule has 31 heavy (non-hydrogen) atoms. The molecule has 1 N–H and O–H groups in total. The summed E-state index contributed by atoms with van der Waals surface area (Å²) in [7, 11) is 0. The molecule has 154 valence electrons. The van der Waals surface area contributed by atoms with E-state index in [9.17, 15) is 0 Å². The monoisotopic (exact) mass is 464 g/mol. The van der Waals surface area contributed by atoms with Crippen LogP contribution in [0.2, 0.25) is 10.0 Å². The van der Waals surface area contributed by atoms with Crippen molar-refractivity contribution in [1.82, 2.24) is 14.9 Å². The Morgan fingerprint density at radius 3 is 2.42 bits per heavy atom. The van der Waals surface area contributed by atoms with Crippen LogP contribution in [-0.4, -0.2) is 14.7 Å². The van der Waals surface area contributed by atoms with Gasteiger partial charge < -0.3 is 14.8 Å². The summed E-state index contributed by atoms with van der Waals surface area (Å²) >= 11 is 18.2. The molecule has 4 nitrogen and oxygen atoms in total. The molecule has 7 heteroatoms. The fourth-order valence-electron chi connectivity index (χ4n) is 4.03. The van der Waals surface area contributed by atoms with E-state index < -0.39 is 0 Å². The van der Waals surface area contributed by atoms with Crippen LogP contribution in [0.4, 0.5) is 5.69 Å². The highest BCUT2D eigenvalue weighted by atomic mass is 35.5. The van der Waals surface area contributed by atoms with E-state index in [1.54, 1.807) is 6.20 Å². The summed E-state index contributed by atoms with van der Waals surface area (Å²) in [5.74, 6) is 0. The molecule has 3 heterocycles. The first kappa shape index (κ1) is 20.1. The van der Waals surface area contributed by atoms with E-state index in [1.165, 1.54) is 0 Å². The van der Waals surface area contributed by atoms with Crippen molar-refractivity contribution in [2.24, 2.45) is 0 Å². The Morgan fingerprint density at radius 2 is 1.68 bits per heavy atom. The third-order valence-electron chi connectivity index (χ3n) is 5.37. The molecule has 5 rings (SSSR count). The third-order valence-corrected chi connectivity index (χ3v) is 6.17. The summed E-state index contributed by atoms with van der Waals surface area (Å²) in [6.07, 6.45) is 3.84. The maximum Gasteiger partial charge on any atom is 0.174 e. The molecule has 0 spiro atoms. The topological polar surface area (TPSA) is 33.1 Å². The zero-order chi connectivity index (χ0) is 21.4. The van der Waals surface area contributed by atoms with Crippen molar-refractivity contribution in [3.05, 3.63) is 113 Å². The lowest BCUT2D eigenvalue weighted by Crippen LogP contribution is -2.30. The van der Waals surface area contributed by atoms with Crippen LogP contribution in [0.3, 0.4) is 0 Å². The van der Waals surface area contributed by atoms with Crippen molar-refractivity contribution in [1.29, 1.82) is 0 Å². The predicted molar refractivity (Wildman–Crippen MR) is 130 cm³/mol. The maximum atomic E-state index is 6.28. The van der Waals surface area contributed by atoms with Gasteiger partial charge in [-0.3, -0.25) is 4.98 Å². The quantitative estimate of drug-likeness (QED) is 0.356. The van der Waals surface area contributed by atoms with E-state index in [-0.39, 0.29) is 12.1 Å². The molecule has 1 fully saturated rings. The summed E-state index contributed by atoms with van der Waals surface area (Å²) in [5, 5.41) is 5.50. The number of hydrogen-bond donors (Lipinski definition) is 1. The average molecular weight is 465 g/mol. The van der Waals surface area contributed by atoms with Crippen LogP contribution in [0, 0.1) is 0 Å². The standard InChI is InChI=1S/C24H18Cl2N4S/c25-16-9-11-18(12-10-16)30-23(22(28-24(30)31)20-7-1-2-13-27-20)21-8-4-14-29(21)19-6-3-5-17(26)15-19/h1-15,22-23H,(H,28,31)/t22-,23+/m0/s1. The van der Waals surface area contributed by atoms with Crippen LogP contribution in [0.5, 0.6) is 0 Å². The lowest BCUT2D eigenvalue weighted by Gasteiger charge is -2.29. The smallest absolute Gasteiger partial charge is 0.174 e. The van der Waals surface area contributed by atoms with Gasteiger partial charge in [0.25, 0.3) is 0 Å². The molecule has 2 aromatic carbocycles. The van der Waals surface area contributed by atoms with E-state index >= 15 is 0 Å². The summed E-state index contributed by atoms with van der Waals surface area (Å²) in [6.45, 7) is 0. The molecular formula is C24H18Cl2N4S. The summed E-state index contributed by atoms with van der Waals surface area (Å²) in [6, 6.07) is 25.3.